The lowest BCUT2D eigenvalue weighted by atomic mass is 10.4. The molecule has 1 fully saturated rings. The fourth-order valence-corrected chi connectivity index (χ4v) is 4.46. The van der Waals surface area contributed by atoms with E-state index >= 15 is 0 Å². The van der Waals surface area contributed by atoms with E-state index in [0.717, 1.165) is 16.1 Å². The summed E-state index contributed by atoms with van der Waals surface area (Å²) < 4.78 is 76.4. The van der Waals surface area contributed by atoms with Gasteiger partial charge in [0.1, 0.15) is 24.1 Å². The largest absolute Gasteiger partial charge is 0.742 e. The monoisotopic (exact) mass is 487 g/mol. The molecule has 1 amide bonds. The van der Waals surface area contributed by atoms with Crippen molar-refractivity contribution in [2.75, 3.05) is 17.7 Å². The Morgan fingerprint density at radius 2 is 2.26 bits per heavy atom. The smallest absolute Gasteiger partial charge is 0.471 e. The Kier molecular flexibility index (Phi) is 6.57. The molecule has 0 bridgehead atoms. The molecule has 31 heavy (non-hydrogen) atoms. The van der Waals surface area contributed by atoms with Gasteiger partial charge in [-0.3, -0.25) is 13.9 Å². The van der Waals surface area contributed by atoms with Gasteiger partial charge >= 0.3 is 25.5 Å². The number of nitrogens with one attached hydrogen (secondary N) is 1. The van der Waals surface area contributed by atoms with E-state index in [1.807, 2.05) is 0 Å². The number of rotatable bonds is 6. The summed E-state index contributed by atoms with van der Waals surface area (Å²) in [4.78, 5) is 38.2. The van der Waals surface area contributed by atoms with E-state index in [1.165, 1.54) is 28.6 Å². The lowest BCUT2D eigenvalue weighted by molar-refractivity contribution is -0.670. The molecular weight excluding hydrogens is 473 g/mol. The van der Waals surface area contributed by atoms with Crippen LogP contribution in [0.3, 0.4) is 0 Å². The summed E-state index contributed by atoms with van der Waals surface area (Å²) in [6.07, 6.45) is -1.82. The summed E-state index contributed by atoms with van der Waals surface area (Å²) in [6, 6.07) is 0. The first-order chi connectivity index (χ1) is 14.4. The molecule has 11 nitrogen and oxygen atoms in total. The van der Waals surface area contributed by atoms with Gasteiger partial charge in [0.05, 0.1) is 19.9 Å². The van der Waals surface area contributed by atoms with Crippen LogP contribution in [0, 0.1) is 5.82 Å². The molecular formula is C14H14F4N5O6PS. The van der Waals surface area contributed by atoms with Gasteiger partial charge in [0.25, 0.3) is 0 Å². The van der Waals surface area contributed by atoms with Crippen molar-refractivity contribution in [1.82, 2.24) is 13.9 Å². The number of thioether (sulfide) groups is 1. The van der Waals surface area contributed by atoms with Crippen LogP contribution in [0.2, 0.25) is 0 Å². The second-order valence-corrected chi connectivity index (χ2v) is 9.01. The Labute approximate surface area is 175 Å². The van der Waals surface area contributed by atoms with Crippen molar-refractivity contribution >= 4 is 31.2 Å². The lowest BCUT2D eigenvalue weighted by Crippen LogP contribution is -2.34. The molecule has 0 spiro atoms. The summed E-state index contributed by atoms with van der Waals surface area (Å²) >= 11 is 1.07. The van der Waals surface area contributed by atoms with Crippen LogP contribution < -0.4 is 20.5 Å². The van der Waals surface area contributed by atoms with Crippen molar-refractivity contribution in [3.63, 3.8) is 0 Å². The van der Waals surface area contributed by atoms with Gasteiger partial charge in [0.15, 0.2) is 11.6 Å². The van der Waals surface area contributed by atoms with Gasteiger partial charge in [-0.2, -0.15) is 22.5 Å². The maximum atomic E-state index is 14.0. The summed E-state index contributed by atoms with van der Waals surface area (Å²) in [6.45, 7) is -0.409. The molecule has 2 aromatic rings. The highest BCUT2D eigenvalue weighted by atomic mass is 32.2. The van der Waals surface area contributed by atoms with Gasteiger partial charge in [0, 0.05) is 5.75 Å². The lowest BCUT2D eigenvalue weighted by Gasteiger charge is -2.21. The Bertz CT molecular complexity index is 1090. The number of nitrogens with zero attached hydrogens (tertiary/aromatic N) is 4. The number of hydrogen-bond donors (Lipinski definition) is 1. The van der Waals surface area contributed by atoms with Crippen molar-refractivity contribution in [2.24, 2.45) is 7.05 Å². The van der Waals surface area contributed by atoms with E-state index in [2.05, 4.69) is 4.98 Å². The third-order valence-corrected chi connectivity index (χ3v) is 6.23. The summed E-state index contributed by atoms with van der Waals surface area (Å²) in [5.41, 5.74) is -2.02. The summed E-state index contributed by atoms with van der Waals surface area (Å²) in [5, 5.41) is 1.17. The molecule has 2 aromatic heterocycles. The molecule has 0 aromatic carbocycles. The molecule has 0 saturated carbocycles. The van der Waals surface area contributed by atoms with Crippen molar-refractivity contribution in [3.05, 3.63) is 41.2 Å². The minimum atomic E-state index is -5.29. The highest BCUT2D eigenvalue weighted by Gasteiger charge is 2.39. The van der Waals surface area contributed by atoms with Gasteiger partial charge in [-0.15, -0.1) is 11.8 Å². The fourth-order valence-electron chi connectivity index (χ4n) is 2.40. The first kappa shape index (κ1) is 23.4. The Morgan fingerprint density at radius 1 is 1.55 bits per heavy atom. The first-order valence-electron chi connectivity index (χ1n) is 8.30. The Morgan fingerprint density at radius 3 is 2.87 bits per heavy atom. The number of hydrogen-bond acceptors (Lipinski definition) is 8. The second-order valence-electron chi connectivity index (χ2n) is 6.16. The molecule has 1 unspecified atom stereocenters. The van der Waals surface area contributed by atoms with Gasteiger partial charge in [-0.05, 0) is 0 Å². The van der Waals surface area contributed by atoms with E-state index in [1.54, 1.807) is 7.05 Å². The molecule has 3 rings (SSSR count). The molecule has 3 atom stereocenters. The number of ether oxygens (including phenoxy) is 1. The number of carbonyl (C=O) groups excluding carboxylic acids is 1. The zero-order chi connectivity index (χ0) is 23.0. The number of carbonyl (C=O) groups is 1. The average Bonchev–Trinajstić information content (AvgIpc) is 3.31. The topological polar surface area (TPSA) is 131 Å². The van der Waals surface area contributed by atoms with Crippen molar-refractivity contribution in [3.8, 4) is 0 Å². The molecule has 1 saturated heterocycles. The molecule has 1 aliphatic heterocycles. The highest BCUT2D eigenvalue weighted by molar-refractivity contribution is 8.00. The SMILES string of the molecule is C[n+]1ccn(P(=O)([O-])OC[C@@H]2O[C@H](n3cc(F)c(NC(=O)C(F)(F)F)nc3=O)CS2)c1. The van der Waals surface area contributed by atoms with Crippen LogP contribution in [0.25, 0.3) is 0 Å². The zero-order valence-corrected chi connectivity index (χ0v) is 17.2. The van der Waals surface area contributed by atoms with E-state index in [-0.39, 0.29) is 5.75 Å². The molecule has 17 heteroatoms. The minimum Gasteiger partial charge on any atom is -0.742 e. The number of alkyl halides is 3. The highest BCUT2D eigenvalue weighted by Crippen LogP contribution is 2.40. The van der Waals surface area contributed by atoms with Gasteiger partial charge in [-0.25, -0.2) is 13.8 Å². The van der Waals surface area contributed by atoms with Crippen molar-refractivity contribution < 1.29 is 45.6 Å². The van der Waals surface area contributed by atoms with Gasteiger partial charge in [-0.1, -0.05) is 0 Å². The Balaban J connectivity index is 1.64. The number of anilines is 1. The maximum Gasteiger partial charge on any atom is 0.471 e. The molecule has 170 valence electrons. The van der Waals surface area contributed by atoms with E-state index in [0.29, 0.717) is 10.8 Å². The zero-order valence-electron chi connectivity index (χ0n) is 15.5. The van der Waals surface area contributed by atoms with Crippen LogP contribution in [0.1, 0.15) is 6.23 Å². The van der Waals surface area contributed by atoms with E-state index < -0.39 is 55.4 Å². The number of aryl methyl sites for hydroxylation is 1. The van der Waals surface area contributed by atoms with Gasteiger partial charge < -0.3 is 19.5 Å². The number of amides is 1. The maximum absolute atomic E-state index is 14.0. The normalized spacial score (nSPS) is 21.1. The van der Waals surface area contributed by atoms with Crippen LogP contribution in [0.15, 0.2) is 29.7 Å². The first-order valence-corrected chi connectivity index (χ1v) is 10.8. The molecule has 1 aliphatic rings. The summed E-state index contributed by atoms with van der Waals surface area (Å²) in [7, 11) is -2.83. The third kappa shape index (κ3) is 5.51. The predicted octanol–water partition coefficient (Wildman–Crippen LogP) is 0.131. The fraction of sp³-hybridized carbons (Fsp3) is 0.429. The minimum absolute atomic E-state index is 0.0744. The molecule has 0 aliphatic carbocycles. The number of halogens is 4. The van der Waals surface area contributed by atoms with Crippen molar-refractivity contribution in [1.29, 1.82) is 0 Å². The van der Waals surface area contributed by atoms with Crippen LogP contribution in [-0.2, 0) is 25.7 Å². The van der Waals surface area contributed by atoms with Crippen LogP contribution in [0.4, 0.5) is 23.4 Å². The Hall–Kier alpha value is -2.26. The number of imidazole rings is 1. The average molecular weight is 487 g/mol. The molecule has 3 heterocycles. The van der Waals surface area contributed by atoms with Crippen LogP contribution in [0.5, 0.6) is 0 Å². The summed E-state index contributed by atoms with van der Waals surface area (Å²) in [5.74, 6) is -4.99. The molecule has 0 radical (unpaired) electrons. The third-order valence-electron chi connectivity index (χ3n) is 3.85. The van der Waals surface area contributed by atoms with E-state index in [9.17, 15) is 36.6 Å². The van der Waals surface area contributed by atoms with Crippen LogP contribution in [-0.4, -0.2) is 43.8 Å². The van der Waals surface area contributed by atoms with Crippen molar-refractivity contribution in [2.45, 2.75) is 17.8 Å². The molecule has 1 N–H and O–H groups in total. The predicted molar refractivity (Wildman–Crippen MR) is 94.1 cm³/mol. The number of aromatic nitrogens is 4. The van der Waals surface area contributed by atoms with E-state index in [4.69, 9.17) is 9.26 Å². The second kappa shape index (κ2) is 8.70. The van der Waals surface area contributed by atoms with Crippen LogP contribution >= 0.6 is 19.5 Å². The standard InChI is InChI=1S/C14H14F4N5O6PS/c1-21-2-3-22(7-21)30(26,27)28-5-10-29-9(6-31-10)23-4-8(15)11(20-13(23)25)19-12(24)14(16,17)18/h2-4,7,9-10H,5-6H2,1H3,(H-,19,20,24,25,26,27)/t9-,10+/m0/s1. The van der Waals surface area contributed by atoms with Gasteiger partial charge in [0.2, 0.25) is 6.33 Å². The quantitative estimate of drug-likeness (QED) is 0.346.